The molecule has 84 valence electrons. The van der Waals surface area contributed by atoms with Crippen LogP contribution in [0.2, 0.25) is 4.34 Å². The van der Waals surface area contributed by atoms with Gasteiger partial charge >= 0.3 is 0 Å². The maximum Gasteiger partial charge on any atom is 0.0931 e. The molecule has 0 saturated heterocycles. The Morgan fingerprint density at radius 1 is 1.19 bits per heavy atom. The van der Waals surface area contributed by atoms with Crippen molar-refractivity contribution >= 4 is 22.9 Å². The smallest absolute Gasteiger partial charge is 0.0931 e. The van der Waals surface area contributed by atoms with Crippen LogP contribution in [-0.2, 0) is 12.0 Å². The molecule has 1 unspecified atom stereocenters. The molecular weight excluding hydrogens is 238 g/mol. The number of hydrogen-bond acceptors (Lipinski definition) is 2. The Morgan fingerprint density at radius 3 is 2.44 bits per heavy atom. The zero-order chi connectivity index (χ0) is 11.6. The van der Waals surface area contributed by atoms with E-state index in [0.717, 1.165) is 15.6 Å². The maximum atomic E-state index is 6.34. The lowest BCUT2D eigenvalue weighted by molar-refractivity contribution is 0.502. The van der Waals surface area contributed by atoms with Gasteiger partial charge in [-0.25, -0.2) is 0 Å². The quantitative estimate of drug-likeness (QED) is 0.882. The zero-order valence-corrected chi connectivity index (χ0v) is 10.7. The molecule has 1 nitrogen and oxygen atoms in total. The van der Waals surface area contributed by atoms with Crippen molar-refractivity contribution in [1.82, 2.24) is 0 Å². The van der Waals surface area contributed by atoms with Gasteiger partial charge in [0.05, 0.1) is 9.88 Å². The minimum absolute atomic E-state index is 0.348. The van der Waals surface area contributed by atoms with E-state index < -0.39 is 0 Å². The summed E-state index contributed by atoms with van der Waals surface area (Å²) in [6.45, 7) is 2.04. The molecule has 0 amide bonds. The van der Waals surface area contributed by atoms with Gasteiger partial charge in [-0.3, -0.25) is 0 Å². The molecule has 0 aliphatic heterocycles. The van der Waals surface area contributed by atoms with Gasteiger partial charge in [-0.1, -0.05) is 41.9 Å². The third kappa shape index (κ3) is 2.64. The van der Waals surface area contributed by atoms with Gasteiger partial charge in [0, 0.05) is 4.88 Å². The van der Waals surface area contributed by atoms with Crippen LogP contribution in [-0.4, -0.2) is 0 Å². The lowest BCUT2D eigenvalue weighted by atomic mass is 9.92. The maximum absolute atomic E-state index is 6.34. The highest BCUT2D eigenvalue weighted by Gasteiger charge is 2.23. The van der Waals surface area contributed by atoms with Crippen LogP contribution >= 0.6 is 22.9 Å². The predicted molar refractivity (Wildman–Crippen MR) is 71.0 cm³/mol. The molecule has 1 aromatic heterocycles. The van der Waals surface area contributed by atoms with Crippen LogP contribution in [0.15, 0.2) is 42.5 Å². The Morgan fingerprint density at radius 2 is 1.88 bits per heavy atom. The molecule has 1 atom stereocenters. The molecule has 2 aromatic rings. The Bertz CT molecular complexity index is 462. The van der Waals surface area contributed by atoms with Gasteiger partial charge in [-0.2, -0.15) is 0 Å². The van der Waals surface area contributed by atoms with Crippen molar-refractivity contribution in [3.05, 3.63) is 57.2 Å². The van der Waals surface area contributed by atoms with E-state index in [1.807, 2.05) is 37.3 Å². The van der Waals surface area contributed by atoms with E-state index in [4.69, 9.17) is 17.3 Å². The number of thiophene rings is 1. The first-order valence-electron chi connectivity index (χ1n) is 5.16. The van der Waals surface area contributed by atoms with Crippen molar-refractivity contribution in [2.24, 2.45) is 5.73 Å². The van der Waals surface area contributed by atoms with Crippen molar-refractivity contribution in [3.63, 3.8) is 0 Å². The average molecular weight is 252 g/mol. The summed E-state index contributed by atoms with van der Waals surface area (Å²) in [5.41, 5.74) is 7.23. The molecule has 2 rings (SSSR count). The molecule has 0 aliphatic rings. The normalized spacial score (nSPS) is 14.7. The predicted octanol–water partition coefficient (Wildman–Crippen LogP) is 3.82. The fourth-order valence-electron chi connectivity index (χ4n) is 1.73. The summed E-state index contributed by atoms with van der Waals surface area (Å²) in [6.07, 6.45) is 0.824. The second kappa shape index (κ2) is 4.58. The van der Waals surface area contributed by atoms with Crippen molar-refractivity contribution < 1.29 is 0 Å². The van der Waals surface area contributed by atoms with E-state index in [0.29, 0.717) is 0 Å². The molecule has 0 aliphatic carbocycles. The summed E-state index contributed by atoms with van der Waals surface area (Å²) in [6, 6.07) is 14.2. The van der Waals surface area contributed by atoms with Crippen LogP contribution in [0.1, 0.15) is 17.4 Å². The molecule has 0 spiro atoms. The van der Waals surface area contributed by atoms with E-state index in [2.05, 4.69) is 12.1 Å². The van der Waals surface area contributed by atoms with Crippen LogP contribution in [0, 0.1) is 0 Å². The standard InChI is InChI=1S/C13H14ClNS/c1-13(15,11-7-8-12(14)16-11)9-10-5-3-2-4-6-10/h2-8H,9,15H2,1H3. The molecule has 0 bridgehead atoms. The van der Waals surface area contributed by atoms with Gasteiger partial charge in [0.2, 0.25) is 0 Å². The van der Waals surface area contributed by atoms with Crippen LogP contribution in [0.4, 0.5) is 0 Å². The van der Waals surface area contributed by atoms with Gasteiger partial charge in [0.15, 0.2) is 0 Å². The average Bonchev–Trinajstić information content (AvgIpc) is 2.66. The summed E-state index contributed by atoms with van der Waals surface area (Å²) in [5.74, 6) is 0. The van der Waals surface area contributed by atoms with Crippen molar-refractivity contribution in [2.75, 3.05) is 0 Å². The molecule has 0 radical (unpaired) electrons. The Balaban J connectivity index is 2.20. The van der Waals surface area contributed by atoms with Gasteiger partial charge in [-0.05, 0) is 31.0 Å². The zero-order valence-electron chi connectivity index (χ0n) is 9.11. The molecule has 2 N–H and O–H groups in total. The Labute approximate surface area is 105 Å². The third-order valence-electron chi connectivity index (χ3n) is 2.55. The lowest BCUT2D eigenvalue weighted by Crippen LogP contribution is -2.34. The SMILES string of the molecule is CC(N)(Cc1ccccc1)c1ccc(Cl)s1. The Kier molecular flexibility index (Phi) is 3.33. The van der Waals surface area contributed by atoms with Crippen LogP contribution in [0.3, 0.4) is 0 Å². The number of benzene rings is 1. The largest absolute Gasteiger partial charge is 0.321 e. The second-order valence-electron chi connectivity index (χ2n) is 4.18. The van der Waals surface area contributed by atoms with Crippen LogP contribution in [0.5, 0.6) is 0 Å². The number of halogens is 1. The summed E-state index contributed by atoms with van der Waals surface area (Å²) in [5, 5.41) is 0. The second-order valence-corrected chi connectivity index (χ2v) is 5.90. The fraction of sp³-hybridized carbons (Fsp3) is 0.231. The third-order valence-corrected chi connectivity index (χ3v) is 4.06. The number of nitrogens with two attached hydrogens (primary N) is 1. The van der Waals surface area contributed by atoms with Crippen molar-refractivity contribution in [3.8, 4) is 0 Å². The summed E-state index contributed by atoms with van der Waals surface area (Å²) >= 11 is 7.49. The van der Waals surface area contributed by atoms with Gasteiger partial charge in [-0.15, -0.1) is 11.3 Å². The van der Waals surface area contributed by atoms with E-state index in [1.54, 1.807) is 11.3 Å². The van der Waals surface area contributed by atoms with E-state index in [9.17, 15) is 0 Å². The highest BCUT2D eigenvalue weighted by molar-refractivity contribution is 7.16. The molecule has 3 heteroatoms. The minimum Gasteiger partial charge on any atom is -0.321 e. The highest BCUT2D eigenvalue weighted by atomic mass is 35.5. The Hall–Kier alpha value is -0.830. The van der Waals surface area contributed by atoms with Crippen LogP contribution < -0.4 is 5.73 Å². The summed E-state index contributed by atoms with van der Waals surface area (Å²) < 4.78 is 0.791. The highest BCUT2D eigenvalue weighted by Crippen LogP contribution is 2.31. The monoisotopic (exact) mass is 251 g/mol. The van der Waals surface area contributed by atoms with Crippen molar-refractivity contribution in [1.29, 1.82) is 0 Å². The molecule has 0 saturated carbocycles. The molecule has 1 aromatic carbocycles. The fourth-order valence-corrected chi connectivity index (χ4v) is 2.83. The molecule has 16 heavy (non-hydrogen) atoms. The summed E-state index contributed by atoms with van der Waals surface area (Å²) in [4.78, 5) is 1.13. The topological polar surface area (TPSA) is 26.0 Å². The lowest BCUT2D eigenvalue weighted by Gasteiger charge is -2.23. The number of hydrogen-bond donors (Lipinski definition) is 1. The van der Waals surface area contributed by atoms with Gasteiger partial charge < -0.3 is 5.73 Å². The first-order valence-corrected chi connectivity index (χ1v) is 6.36. The molecule has 0 fully saturated rings. The minimum atomic E-state index is -0.348. The van der Waals surface area contributed by atoms with Gasteiger partial charge in [0.1, 0.15) is 0 Å². The summed E-state index contributed by atoms with van der Waals surface area (Å²) in [7, 11) is 0. The van der Waals surface area contributed by atoms with E-state index >= 15 is 0 Å². The first-order chi connectivity index (χ1) is 7.58. The molecule has 1 heterocycles. The van der Waals surface area contributed by atoms with Gasteiger partial charge in [0.25, 0.3) is 0 Å². The number of rotatable bonds is 3. The van der Waals surface area contributed by atoms with E-state index in [-0.39, 0.29) is 5.54 Å². The van der Waals surface area contributed by atoms with Crippen molar-refractivity contribution in [2.45, 2.75) is 18.9 Å². The first kappa shape index (κ1) is 11.6. The van der Waals surface area contributed by atoms with E-state index in [1.165, 1.54) is 5.56 Å². The molecular formula is C13H14ClNS. The van der Waals surface area contributed by atoms with Crippen LogP contribution in [0.25, 0.3) is 0 Å².